The molecule has 0 fully saturated rings. The van der Waals surface area contributed by atoms with Gasteiger partial charge in [0.25, 0.3) is 5.89 Å². The van der Waals surface area contributed by atoms with Crippen LogP contribution in [0.15, 0.2) is 34.2 Å². The number of nitrogens with two attached hydrogens (primary N) is 1. The second kappa shape index (κ2) is 6.11. The molecule has 0 spiro atoms. The normalized spacial score (nSPS) is 11.0. The molecule has 0 radical (unpaired) electrons. The molecule has 7 heteroatoms. The monoisotopic (exact) mass is 304 g/mol. The van der Waals surface area contributed by atoms with E-state index >= 15 is 0 Å². The first-order valence-electron chi connectivity index (χ1n) is 6.47. The highest BCUT2D eigenvalue weighted by atomic mass is 32.1. The third-order valence-electron chi connectivity index (χ3n) is 2.90. The van der Waals surface area contributed by atoms with Gasteiger partial charge in [-0.15, -0.1) is 11.3 Å². The summed E-state index contributed by atoms with van der Waals surface area (Å²) in [6.07, 6.45) is 1.01. The van der Waals surface area contributed by atoms with E-state index in [-0.39, 0.29) is 12.2 Å². The molecule has 108 valence electrons. The Morgan fingerprint density at radius 2 is 2.10 bits per heavy atom. The third-order valence-corrected chi connectivity index (χ3v) is 3.81. The standard InChI is InChI=1S/C14H13FN4OS/c15-10-4-2-1-3-9(10)7-12-18-14(20-19-12)11-8-21-13(17-11)5-6-16/h1-4,8H,5-7,16H2. The van der Waals surface area contributed by atoms with Crippen molar-refractivity contribution in [2.45, 2.75) is 12.8 Å². The van der Waals surface area contributed by atoms with Crippen molar-refractivity contribution in [1.29, 1.82) is 0 Å². The lowest BCUT2D eigenvalue weighted by atomic mass is 10.1. The van der Waals surface area contributed by atoms with Crippen LogP contribution in [0.3, 0.4) is 0 Å². The van der Waals surface area contributed by atoms with Crippen LogP contribution in [0.2, 0.25) is 0 Å². The van der Waals surface area contributed by atoms with Gasteiger partial charge in [-0.1, -0.05) is 23.4 Å². The number of hydrogen-bond donors (Lipinski definition) is 1. The largest absolute Gasteiger partial charge is 0.332 e. The van der Waals surface area contributed by atoms with Gasteiger partial charge in [-0.2, -0.15) is 4.98 Å². The predicted molar refractivity (Wildman–Crippen MR) is 77.4 cm³/mol. The lowest BCUT2D eigenvalue weighted by Crippen LogP contribution is -2.01. The van der Waals surface area contributed by atoms with E-state index in [0.717, 1.165) is 11.4 Å². The van der Waals surface area contributed by atoms with Gasteiger partial charge in [0.05, 0.1) is 5.01 Å². The maximum atomic E-state index is 13.6. The summed E-state index contributed by atoms with van der Waals surface area (Å²) in [7, 11) is 0. The fraction of sp³-hybridized carbons (Fsp3) is 0.214. The van der Waals surface area contributed by atoms with E-state index in [9.17, 15) is 4.39 Å². The summed E-state index contributed by atoms with van der Waals surface area (Å²) in [4.78, 5) is 8.64. The number of halogens is 1. The first-order valence-corrected chi connectivity index (χ1v) is 7.35. The lowest BCUT2D eigenvalue weighted by Gasteiger charge is -1.97. The second-order valence-electron chi connectivity index (χ2n) is 4.45. The lowest BCUT2D eigenvalue weighted by molar-refractivity contribution is 0.422. The average molecular weight is 304 g/mol. The zero-order chi connectivity index (χ0) is 14.7. The van der Waals surface area contributed by atoms with Gasteiger partial charge in [-0.3, -0.25) is 0 Å². The minimum absolute atomic E-state index is 0.275. The summed E-state index contributed by atoms with van der Waals surface area (Å²) in [5, 5.41) is 6.66. The van der Waals surface area contributed by atoms with Crippen LogP contribution in [0, 0.1) is 5.82 Å². The van der Waals surface area contributed by atoms with Gasteiger partial charge in [-0.25, -0.2) is 9.37 Å². The highest BCUT2D eigenvalue weighted by Gasteiger charge is 2.13. The van der Waals surface area contributed by atoms with Crippen molar-refractivity contribution in [1.82, 2.24) is 15.1 Å². The van der Waals surface area contributed by atoms with Crippen LogP contribution in [0.25, 0.3) is 11.6 Å². The molecule has 2 aromatic heterocycles. The first-order chi connectivity index (χ1) is 10.3. The third kappa shape index (κ3) is 3.14. The van der Waals surface area contributed by atoms with Crippen LogP contribution in [0.4, 0.5) is 4.39 Å². The van der Waals surface area contributed by atoms with Crippen LogP contribution in [-0.2, 0) is 12.8 Å². The Bertz CT molecular complexity index is 740. The molecule has 0 amide bonds. The van der Waals surface area contributed by atoms with E-state index < -0.39 is 0 Å². The Balaban J connectivity index is 1.78. The van der Waals surface area contributed by atoms with E-state index in [2.05, 4.69) is 15.1 Å². The Morgan fingerprint density at radius 1 is 1.24 bits per heavy atom. The number of hydrogen-bond acceptors (Lipinski definition) is 6. The molecule has 1 aromatic carbocycles. The zero-order valence-electron chi connectivity index (χ0n) is 11.1. The zero-order valence-corrected chi connectivity index (χ0v) is 11.9. The molecular formula is C14H13FN4OS. The maximum Gasteiger partial charge on any atom is 0.277 e. The molecular weight excluding hydrogens is 291 g/mol. The van der Waals surface area contributed by atoms with Gasteiger partial charge in [0.1, 0.15) is 11.5 Å². The van der Waals surface area contributed by atoms with Crippen molar-refractivity contribution >= 4 is 11.3 Å². The number of thiazole rings is 1. The van der Waals surface area contributed by atoms with Gasteiger partial charge >= 0.3 is 0 Å². The van der Waals surface area contributed by atoms with Crippen molar-refractivity contribution in [2.75, 3.05) is 6.54 Å². The predicted octanol–water partition coefficient (Wildman–Crippen LogP) is 2.42. The minimum atomic E-state index is -0.275. The van der Waals surface area contributed by atoms with Crippen molar-refractivity contribution < 1.29 is 8.91 Å². The fourth-order valence-electron chi connectivity index (χ4n) is 1.89. The summed E-state index contributed by atoms with van der Waals surface area (Å²) in [5.41, 5.74) is 6.66. The van der Waals surface area contributed by atoms with E-state index in [1.807, 2.05) is 5.38 Å². The summed E-state index contributed by atoms with van der Waals surface area (Å²) in [6, 6.07) is 6.54. The van der Waals surface area contributed by atoms with Crippen LogP contribution in [0.5, 0.6) is 0 Å². The van der Waals surface area contributed by atoms with Crippen LogP contribution in [0.1, 0.15) is 16.4 Å². The molecule has 0 saturated heterocycles. The molecule has 0 aliphatic carbocycles. The van der Waals surface area contributed by atoms with E-state index in [1.165, 1.54) is 17.4 Å². The van der Waals surface area contributed by atoms with Crippen LogP contribution in [-0.4, -0.2) is 21.7 Å². The SMILES string of the molecule is NCCc1nc(-c2nc(Cc3ccccc3F)no2)cs1. The summed E-state index contributed by atoms with van der Waals surface area (Å²) in [5.74, 6) is 0.507. The highest BCUT2D eigenvalue weighted by molar-refractivity contribution is 7.09. The Kier molecular flexibility index (Phi) is 4.03. The van der Waals surface area contributed by atoms with Gasteiger partial charge < -0.3 is 10.3 Å². The topological polar surface area (TPSA) is 77.8 Å². The maximum absolute atomic E-state index is 13.6. The fourth-order valence-corrected chi connectivity index (χ4v) is 2.68. The molecule has 0 saturated carbocycles. The summed E-state index contributed by atoms with van der Waals surface area (Å²) in [6.45, 7) is 0.551. The van der Waals surface area contributed by atoms with Gasteiger partial charge in [-0.05, 0) is 18.2 Å². The number of benzene rings is 1. The van der Waals surface area contributed by atoms with E-state index in [4.69, 9.17) is 10.3 Å². The molecule has 0 aliphatic heterocycles. The van der Waals surface area contributed by atoms with Gasteiger partial charge in [0.2, 0.25) is 0 Å². The van der Waals surface area contributed by atoms with Gasteiger partial charge in [0, 0.05) is 18.2 Å². The second-order valence-corrected chi connectivity index (χ2v) is 5.39. The molecule has 21 heavy (non-hydrogen) atoms. The van der Waals surface area contributed by atoms with Crippen molar-refractivity contribution in [2.24, 2.45) is 5.73 Å². The van der Waals surface area contributed by atoms with Gasteiger partial charge in [0.15, 0.2) is 5.82 Å². The van der Waals surface area contributed by atoms with Crippen LogP contribution < -0.4 is 5.73 Å². The minimum Gasteiger partial charge on any atom is -0.332 e. The molecule has 0 bridgehead atoms. The number of rotatable bonds is 5. The number of nitrogens with zero attached hydrogens (tertiary/aromatic N) is 3. The number of aromatic nitrogens is 3. The van der Waals surface area contributed by atoms with E-state index in [1.54, 1.807) is 18.2 Å². The Morgan fingerprint density at radius 3 is 2.90 bits per heavy atom. The Hall–Kier alpha value is -2.12. The summed E-state index contributed by atoms with van der Waals surface area (Å²) < 4.78 is 18.8. The van der Waals surface area contributed by atoms with Crippen LogP contribution >= 0.6 is 11.3 Å². The molecule has 0 unspecified atom stereocenters. The Labute approximate surface area is 124 Å². The van der Waals surface area contributed by atoms with Crippen molar-refractivity contribution in [3.8, 4) is 11.6 Å². The molecule has 2 N–H and O–H groups in total. The smallest absolute Gasteiger partial charge is 0.277 e. The summed E-state index contributed by atoms with van der Waals surface area (Å²) >= 11 is 1.51. The molecule has 2 heterocycles. The highest BCUT2D eigenvalue weighted by Crippen LogP contribution is 2.21. The quantitative estimate of drug-likeness (QED) is 0.783. The molecule has 0 atom stereocenters. The van der Waals surface area contributed by atoms with Crippen molar-refractivity contribution in [3.63, 3.8) is 0 Å². The van der Waals surface area contributed by atoms with E-state index in [0.29, 0.717) is 29.5 Å². The molecule has 3 rings (SSSR count). The average Bonchev–Trinajstić information content (AvgIpc) is 3.11. The molecule has 0 aliphatic rings. The first kappa shape index (κ1) is 13.8. The van der Waals surface area contributed by atoms with Crippen molar-refractivity contribution in [3.05, 3.63) is 51.9 Å². The molecule has 3 aromatic rings. The molecule has 5 nitrogen and oxygen atoms in total.